The molecule has 3 atom stereocenters. The molecule has 0 spiro atoms. The monoisotopic (exact) mass is 515 g/mol. The van der Waals surface area contributed by atoms with Crippen LogP contribution in [0.3, 0.4) is 0 Å². The zero-order chi connectivity index (χ0) is 25.9. The van der Waals surface area contributed by atoms with Crippen molar-refractivity contribution in [3.05, 3.63) is 60.7 Å². The van der Waals surface area contributed by atoms with Crippen LogP contribution in [0.1, 0.15) is 48.9 Å². The van der Waals surface area contributed by atoms with E-state index < -0.39 is 0 Å². The number of hydrogen-bond donors (Lipinski definition) is 2. The first-order chi connectivity index (χ1) is 18.7. The quantitative estimate of drug-likeness (QED) is 0.351. The molecular formula is C28H33N7O3. The van der Waals surface area contributed by atoms with Crippen LogP contribution >= 0.6 is 0 Å². The number of methoxy groups -OCH3 is 1. The van der Waals surface area contributed by atoms with E-state index in [0.717, 1.165) is 50.0 Å². The minimum Gasteiger partial charge on any atom is -0.465 e. The van der Waals surface area contributed by atoms with Gasteiger partial charge in [-0.15, -0.1) is 0 Å². The highest BCUT2D eigenvalue weighted by Gasteiger charge is 2.30. The van der Waals surface area contributed by atoms with Crippen LogP contribution < -0.4 is 15.5 Å². The molecule has 1 aliphatic carbocycles. The topological polar surface area (TPSA) is 110 Å². The molecule has 2 fully saturated rings. The number of oxazole rings is 1. The molecular weight excluding hydrogens is 482 g/mol. The van der Waals surface area contributed by atoms with Gasteiger partial charge in [0.15, 0.2) is 11.4 Å². The molecule has 2 aliphatic rings. The summed E-state index contributed by atoms with van der Waals surface area (Å²) in [6.45, 7) is 2.00. The number of nitrogens with one attached hydrogen (secondary N) is 2. The van der Waals surface area contributed by atoms with Gasteiger partial charge >= 0.3 is 5.97 Å². The van der Waals surface area contributed by atoms with Gasteiger partial charge in [-0.25, -0.2) is 19.3 Å². The molecule has 0 radical (unpaired) electrons. The minimum atomic E-state index is -0.374. The lowest BCUT2D eigenvalue weighted by Gasteiger charge is -2.40. The standard InChI is InChI=1S/C28H33N7O3/c1-37-27(36)20-7-4-6-19(14-20)25-15-29-28(38-25)33-24-10-3-2-9-23(24)32-21-8-5-13-34(16-21)22-11-12-26-30-18-31-35(26)17-22/h4,6-7,11-12,14-15,17-18,21,23-24,32H,2-3,5,8-10,13,16H2,1H3,(H,29,33). The van der Waals surface area contributed by atoms with E-state index in [1.54, 1.807) is 24.7 Å². The molecule has 38 heavy (non-hydrogen) atoms. The number of carbonyl (C=O) groups is 1. The Morgan fingerprint density at radius 2 is 1.97 bits per heavy atom. The van der Waals surface area contributed by atoms with Crippen molar-refractivity contribution in [3.63, 3.8) is 0 Å². The molecule has 3 aromatic heterocycles. The second-order valence-corrected chi connectivity index (χ2v) is 10.1. The van der Waals surface area contributed by atoms with Crippen molar-refractivity contribution in [2.24, 2.45) is 0 Å². The number of carbonyl (C=O) groups excluding carboxylic acids is 1. The van der Waals surface area contributed by atoms with Crippen LogP contribution in [-0.2, 0) is 4.74 Å². The zero-order valence-electron chi connectivity index (χ0n) is 21.5. The van der Waals surface area contributed by atoms with Crippen LogP contribution in [0.5, 0.6) is 0 Å². The Balaban J connectivity index is 1.11. The van der Waals surface area contributed by atoms with Gasteiger partial charge in [0.1, 0.15) is 6.33 Å². The maximum absolute atomic E-state index is 11.9. The van der Waals surface area contributed by atoms with Crippen LogP contribution in [0.2, 0.25) is 0 Å². The fourth-order valence-corrected chi connectivity index (χ4v) is 5.70. The van der Waals surface area contributed by atoms with Gasteiger partial charge in [0.25, 0.3) is 6.01 Å². The summed E-state index contributed by atoms with van der Waals surface area (Å²) in [6.07, 6.45) is 12.2. The normalized spacial score (nSPS) is 21.9. The third-order valence-corrected chi connectivity index (χ3v) is 7.64. The molecule has 1 aromatic carbocycles. The summed E-state index contributed by atoms with van der Waals surface area (Å²) in [6, 6.07) is 12.8. The Bertz CT molecular complexity index is 1400. The van der Waals surface area contributed by atoms with E-state index in [-0.39, 0.29) is 12.0 Å². The van der Waals surface area contributed by atoms with Gasteiger partial charge in [-0.05, 0) is 49.9 Å². The number of nitrogens with zero attached hydrogens (tertiary/aromatic N) is 5. The summed E-state index contributed by atoms with van der Waals surface area (Å²) in [7, 11) is 1.38. The van der Waals surface area contributed by atoms with Crippen LogP contribution in [0, 0.1) is 0 Å². The predicted octanol–water partition coefficient (Wildman–Crippen LogP) is 4.15. The summed E-state index contributed by atoms with van der Waals surface area (Å²) in [5.74, 6) is 0.243. The van der Waals surface area contributed by atoms with Gasteiger partial charge < -0.3 is 24.7 Å². The van der Waals surface area contributed by atoms with Crippen molar-refractivity contribution < 1.29 is 13.9 Å². The second kappa shape index (κ2) is 10.8. The van der Waals surface area contributed by atoms with Crippen molar-refractivity contribution in [3.8, 4) is 11.3 Å². The Hall–Kier alpha value is -3.92. The van der Waals surface area contributed by atoms with Crippen molar-refractivity contribution in [2.45, 2.75) is 56.7 Å². The second-order valence-electron chi connectivity index (χ2n) is 10.1. The first-order valence-electron chi connectivity index (χ1n) is 13.4. The van der Waals surface area contributed by atoms with E-state index in [9.17, 15) is 4.79 Å². The van der Waals surface area contributed by atoms with E-state index in [4.69, 9.17) is 9.15 Å². The molecule has 2 N–H and O–H groups in total. The lowest BCUT2D eigenvalue weighted by Crippen LogP contribution is -2.54. The number of hydrogen-bond acceptors (Lipinski definition) is 9. The summed E-state index contributed by atoms with van der Waals surface area (Å²) in [4.78, 5) is 23.1. The van der Waals surface area contributed by atoms with Crippen LogP contribution in [0.25, 0.3) is 17.0 Å². The predicted molar refractivity (Wildman–Crippen MR) is 144 cm³/mol. The number of piperidine rings is 1. The molecule has 4 aromatic rings. The fourth-order valence-electron chi connectivity index (χ4n) is 5.70. The number of rotatable bonds is 7. The molecule has 4 heterocycles. The fraction of sp³-hybridized carbons (Fsp3) is 0.429. The van der Waals surface area contributed by atoms with Crippen molar-refractivity contribution in [1.29, 1.82) is 0 Å². The summed E-state index contributed by atoms with van der Waals surface area (Å²) < 4.78 is 12.7. The maximum Gasteiger partial charge on any atom is 0.337 e. The van der Waals surface area contributed by atoms with Gasteiger partial charge in [-0.1, -0.05) is 25.0 Å². The van der Waals surface area contributed by atoms with E-state index in [1.807, 2.05) is 22.7 Å². The zero-order valence-corrected chi connectivity index (χ0v) is 21.5. The third kappa shape index (κ3) is 5.22. The average molecular weight is 516 g/mol. The average Bonchev–Trinajstić information content (AvgIpc) is 3.63. The van der Waals surface area contributed by atoms with Gasteiger partial charge in [0.05, 0.1) is 30.8 Å². The molecule has 198 valence electrons. The van der Waals surface area contributed by atoms with E-state index in [0.29, 0.717) is 29.4 Å². The number of ether oxygens (including phenoxy) is 1. The SMILES string of the molecule is COC(=O)c1cccc(-c2cnc(NC3CCCCC3NC3CCCN(c4ccc5ncnn5c4)C3)o2)c1. The highest BCUT2D eigenvalue weighted by Crippen LogP contribution is 2.28. The molecule has 1 saturated carbocycles. The Kier molecular flexibility index (Phi) is 6.96. The molecule has 10 heteroatoms. The first kappa shape index (κ1) is 24.4. The van der Waals surface area contributed by atoms with Crippen molar-refractivity contribution in [1.82, 2.24) is 24.9 Å². The molecule has 6 rings (SSSR count). The van der Waals surface area contributed by atoms with Crippen molar-refractivity contribution >= 4 is 23.3 Å². The summed E-state index contributed by atoms with van der Waals surface area (Å²) >= 11 is 0. The van der Waals surface area contributed by atoms with E-state index in [2.05, 4.69) is 42.9 Å². The number of fused-ring (bicyclic) bond motifs is 1. The Morgan fingerprint density at radius 1 is 1.08 bits per heavy atom. The summed E-state index contributed by atoms with van der Waals surface area (Å²) in [5, 5.41) is 11.8. The van der Waals surface area contributed by atoms with Crippen LogP contribution in [-0.4, -0.2) is 63.9 Å². The number of anilines is 2. The largest absolute Gasteiger partial charge is 0.465 e. The maximum atomic E-state index is 11.9. The Labute approximate surface area is 221 Å². The number of benzene rings is 1. The van der Waals surface area contributed by atoms with Crippen LogP contribution in [0.15, 0.2) is 59.5 Å². The summed E-state index contributed by atoms with van der Waals surface area (Å²) in [5.41, 5.74) is 3.31. The third-order valence-electron chi connectivity index (χ3n) is 7.64. The molecule has 1 saturated heterocycles. The van der Waals surface area contributed by atoms with Gasteiger partial charge in [-0.2, -0.15) is 5.10 Å². The minimum absolute atomic E-state index is 0.235. The van der Waals surface area contributed by atoms with Crippen molar-refractivity contribution in [2.75, 3.05) is 30.4 Å². The number of esters is 1. The molecule has 10 nitrogen and oxygen atoms in total. The Morgan fingerprint density at radius 3 is 2.87 bits per heavy atom. The van der Waals surface area contributed by atoms with E-state index >= 15 is 0 Å². The smallest absolute Gasteiger partial charge is 0.337 e. The lowest BCUT2D eigenvalue weighted by molar-refractivity contribution is 0.0601. The van der Waals surface area contributed by atoms with Gasteiger partial charge in [0.2, 0.25) is 0 Å². The number of pyridine rings is 1. The van der Waals surface area contributed by atoms with Crippen LogP contribution in [0.4, 0.5) is 11.7 Å². The van der Waals surface area contributed by atoms with E-state index in [1.165, 1.54) is 25.6 Å². The molecule has 0 bridgehead atoms. The lowest BCUT2D eigenvalue weighted by atomic mass is 9.89. The van der Waals surface area contributed by atoms with Gasteiger partial charge in [0, 0.05) is 36.8 Å². The molecule has 3 unspecified atom stereocenters. The molecule has 1 aliphatic heterocycles. The molecule has 0 amide bonds. The van der Waals surface area contributed by atoms with Gasteiger partial charge in [-0.3, -0.25) is 0 Å². The first-order valence-corrected chi connectivity index (χ1v) is 13.4. The number of aromatic nitrogens is 4. The highest BCUT2D eigenvalue weighted by molar-refractivity contribution is 5.90. The highest BCUT2D eigenvalue weighted by atomic mass is 16.5.